The molecule has 0 aromatic heterocycles. The number of rotatable bonds is 6. The zero-order valence-electron chi connectivity index (χ0n) is 12.3. The molecule has 22 heavy (non-hydrogen) atoms. The van der Waals surface area contributed by atoms with Crippen LogP contribution in [0.15, 0.2) is 24.3 Å². The van der Waals surface area contributed by atoms with Crippen molar-refractivity contribution in [3.63, 3.8) is 0 Å². The number of amides is 2. The Labute approximate surface area is 141 Å². The van der Waals surface area contributed by atoms with E-state index in [-0.39, 0.29) is 36.6 Å². The fourth-order valence-electron chi connectivity index (χ4n) is 2.41. The van der Waals surface area contributed by atoms with E-state index < -0.39 is 0 Å². The maximum atomic E-state index is 12.1. The molecule has 0 spiro atoms. The lowest BCUT2D eigenvalue weighted by molar-refractivity contribution is -0.126. The molecular weight excluding hydrogens is 325 g/mol. The van der Waals surface area contributed by atoms with Gasteiger partial charge in [-0.1, -0.05) is 23.7 Å². The van der Waals surface area contributed by atoms with Crippen LogP contribution in [0.4, 0.5) is 5.69 Å². The molecule has 1 aromatic carbocycles. The molecule has 5 nitrogen and oxygen atoms in total. The molecule has 2 amide bonds. The number of anilines is 1. The summed E-state index contributed by atoms with van der Waals surface area (Å²) in [5, 5.41) is 3.38. The van der Waals surface area contributed by atoms with Gasteiger partial charge in [-0.3, -0.25) is 9.59 Å². The predicted octanol–water partition coefficient (Wildman–Crippen LogP) is 1.97. The topological polar surface area (TPSA) is 75.4 Å². The van der Waals surface area contributed by atoms with Crippen LogP contribution in [-0.4, -0.2) is 31.4 Å². The van der Waals surface area contributed by atoms with Crippen molar-refractivity contribution in [2.45, 2.75) is 19.3 Å². The van der Waals surface area contributed by atoms with Gasteiger partial charge in [0.25, 0.3) is 0 Å². The van der Waals surface area contributed by atoms with Gasteiger partial charge in [0.2, 0.25) is 11.8 Å². The number of benzene rings is 1. The van der Waals surface area contributed by atoms with E-state index in [1.165, 1.54) is 0 Å². The van der Waals surface area contributed by atoms with E-state index in [4.69, 9.17) is 17.3 Å². The molecule has 0 radical (unpaired) electrons. The summed E-state index contributed by atoms with van der Waals surface area (Å²) < 4.78 is 0. The number of unbranched alkanes of at least 4 members (excludes halogenated alkanes) is 1. The van der Waals surface area contributed by atoms with Crippen molar-refractivity contribution in [3.05, 3.63) is 29.3 Å². The Morgan fingerprint density at radius 2 is 2.09 bits per heavy atom. The molecule has 1 unspecified atom stereocenters. The molecule has 7 heteroatoms. The van der Waals surface area contributed by atoms with Crippen molar-refractivity contribution in [1.29, 1.82) is 0 Å². The highest BCUT2D eigenvalue weighted by molar-refractivity contribution is 6.33. The van der Waals surface area contributed by atoms with Gasteiger partial charge in [-0.05, 0) is 31.5 Å². The van der Waals surface area contributed by atoms with Crippen LogP contribution in [0.2, 0.25) is 5.02 Å². The first-order valence-electron chi connectivity index (χ1n) is 7.16. The highest BCUT2D eigenvalue weighted by Gasteiger charge is 2.35. The smallest absolute Gasteiger partial charge is 0.227 e. The van der Waals surface area contributed by atoms with E-state index in [9.17, 15) is 9.59 Å². The predicted molar refractivity (Wildman–Crippen MR) is 90.5 cm³/mol. The number of hydrogen-bond acceptors (Lipinski definition) is 3. The van der Waals surface area contributed by atoms with Crippen molar-refractivity contribution in [2.75, 3.05) is 24.5 Å². The second kappa shape index (κ2) is 8.98. The summed E-state index contributed by atoms with van der Waals surface area (Å²) in [7, 11) is 0. The van der Waals surface area contributed by atoms with Gasteiger partial charge < -0.3 is 16.0 Å². The first-order valence-corrected chi connectivity index (χ1v) is 7.54. The second-order valence-electron chi connectivity index (χ2n) is 5.14. The van der Waals surface area contributed by atoms with Crippen molar-refractivity contribution >= 4 is 41.5 Å². The minimum atomic E-state index is -0.313. The van der Waals surface area contributed by atoms with Crippen LogP contribution in [0.5, 0.6) is 0 Å². The molecule has 1 fully saturated rings. The number of nitrogens with one attached hydrogen (secondary N) is 1. The van der Waals surface area contributed by atoms with Crippen molar-refractivity contribution < 1.29 is 9.59 Å². The van der Waals surface area contributed by atoms with Crippen LogP contribution in [0.25, 0.3) is 0 Å². The molecule has 1 saturated heterocycles. The molecule has 1 aromatic rings. The largest absolute Gasteiger partial charge is 0.356 e. The molecular formula is C15H21Cl2N3O2. The number of para-hydroxylation sites is 1. The molecule has 1 aliphatic heterocycles. The number of nitrogens with two attached hydrogens (primary N) is 1. The van der Waals surface area contributed by atoms with Crippen molar-refractivity contribution in [1.82, 2.24) is 5.32 Å². The first-order chi connectivity index (χ1) is 10.1. The normalized spacial score (nSPS) is 17.3. The number of halogens is 2. The standard InChI is InChI=1S/C15H20ClN3O2.ClH/c16-12-5-1-2-6-13(12)19-10-11(9-14(19)20)15(21)18-8-4-3-7-17;/h1-2,5-6,11H,3-4,7-10,17H2,(H,18,21);1H. The molecule has 122 valence electrons. The summed E-state index contributed by atoms with van der Waals surface area (Å²) in [6.07, 6.45) is 1.97. The maximum absolute atomic E-state index is 12.1. The summed E-state index contributed by atoms with van der Waals surface area (Å²) in [6, 6.07) is 7.18. The number of carbonyl (C=O) groups excluding carboxylic acids is 2. The van der Waals surface area contributed by atoms with Crippen LogP contribution < -0.4 is 16.0 Å². The van der Waals surface area contributed by atoms with Gasteiger partial charge in [-0.25, -0.2) is 0 Å². The minimum Gasteiger partial charge on any atom is -0.356 e. The Balaban J connectivity index is 0.00000242. The fourth-order valence-corrected chi connectivity index (χ4v) is 2.65. The highest BCUT2D eigenvalue weighted by Crippen LogP contribution is 2.30. The third-order valence-electron chi connectivity index (χ3n) is 3.57. The lowest BCUT2D eigenvalue weighted by atomic mass is 10.1. The Morgan fingerprint density at radius 1 is 1.36 bits per heavy atom. The lowest BCUT2D eigenvalue weighted by Gasteiger charge is -2.18. The van der Waals surface area contributed by atoms with Crippen LogP contribution in [-0.2, 0) is 9.59 Å². The van der Waals surface area contributed by atoms with Gasteiger partial charge in [0.1, 0.15) is 0 Å². The van der Waals surface area contributed by atoms with E-state index in [0.717, 1.165) is 12.8 Å². The van der Waals surface area contributed by atoms with Crippen LogP contribution in [0.1, 0.15) is 19.3 Å². The number of carbonyl (C=O) groups is 2. The third-order valence-corrected chi connectivity index (χ3v) is 3.89. The molecule has 3 N–H and O–H groups in total. The van der Waals surface area contributed by atoms with Gasteiger partial charge in [0, 0.05) is 19.5 Å². The van der Waals surface area contributed by atoms with E-state index in [0.29, 0.717) is 30.3 Å². The van der Waals surface area contributed by atoms with Crippen LogP contribution >= 0.6 is 24.0 Å². The Morgan fingerprint density at radius 3 is 2.77 bits per heavy atom. The summed E-state index contributed by atoms with van der Waals surface area (Å²) in [6.45, 7) is 1.61. The summed E-state index contributed by atoms with van der Waals surface area (Å²) in [5.74, 6) is -0.452. The van der Waals surface area contributed by atoms with Gasteiger partial charge in [-0.2, -0.15) is 0 Å². The van der Waals surface area contributed by atoms with Crippen molar-refractivity contribution in [2.24, 2.45) is 11.7 Å². The Kier molecular flexibility index (Phi) is 7.65. The average Bonchev–Trinajstić information content (AvgIpc) is 2.86. The van der Waals surface area contributed by atoms with Crippen molar-refractivity contribution in [3.8, 4) is 0 Å². The molecule has 2 rings (SSSR count). The second-order valence-corrected chi connectivity index (χ2v) is 5.55. The van der Waals surface area contributed by atoms with Gasteiger partial charge >= 0.3 is 0 Å². The quantitative estimate of drug-likeness (QED) is 0.774. The molecule has 0 saturated carbocycles. The summed E-state index contributed by atoms with van der Waals surface area (Å²) in [4.78, 5) is 25.7. The summed E-state index contributed by atoms with van der Waals surface area (Å²) >= 11 is 6.11. The SMILES string of the molecule is Cl.NCCCCNC(=O)C1CC(=O)N(c2ccccc2Cl)C1. The maximum Gasteiger partial charge on any atom is 0.227 e. The monoisotopic (exact) mass is 345 g/mol. The Hall–Kier alpha value is -1.30. The molecule has 0 aliphatic carbocycles. The molecule has 1 aliphatic rings. The van der Waals surface area contributed by atoms with Gasteiger partial charge in [-0.15, -0.1) is 12.4 Å². The zero-order chi connectivity index (χ0) is 15.2. The fraction of sp³-hybridized carbons (Fsp3) is 0.467. The zero-order valence-corrected chi connectivity index (χ0v) is 13.8. The van der Waals surface area contributed by atoms with E-state index in [1.54, 1.807) is 17.0 Å². The minimum absolute atomic E-state index is 0. The van der Waals surface area contributed by atoms with E-state index in [1.807, 2.05) is 12.1 Å². The Bertz CT molecular complexity index is 525. The van der Waals surface area contributed by atoms with E-state index in [2.05, 4.69) is 5.32 Å². The first kappa shape index (κ1) is 18.7. The molecule has 0 bridgehead atoms. The average molecular weight is 346 g/mol. The number of hydrogen-bond donors (Lipinski definition) is 2. The lowest BCUT2D eigenvalue weighted by Crippen LogP contribution is -2.33. The molecule has 1 heterocycles. The van der Waals surface area contributed by atoms with Crippen LogP contribution in [0, 0.1) is 5.92 Å². The number of nitrogens with zero attached hydrogens (tertiary/aromatic N) is 1. The highest BCUT2D eigenvalue weighted by atomic mass is 35.5. The third kappa shape index (κ3) is 4.60. The molecule has 1 atom stereocenters. The van der Waals surface area contributed by atoms with Gasteiger partial charge in [0.15, 0.2) is 0 Å². The van der Waals surface area contributed by atoms with E-state index >= 15 is 0 Å². The van der Waals surface area contributed by atoms with Gasteiger partial charge in [0.05, 0.1) is 16.6 Å². The van der Waals surface area contributed by atoms with Crippen LogP contribution in [0.3, 0.4) is 0 Å². The summed E-state index contributed by atoms with van der Waals surface area (Å²) in [5.41, 5.74) is 6.08.